The molecule has 0 radical (unpaired) electrons. The Morgan fingerprint density at radius 2 is 1.82 bits per heavy atom. The van der Waals surface area contributed by atoms with Crippen LogP contribution in [-0.4, -0.2) is 46.8 Å². The molecular weight excluding hydrogens is 518 g/mol. The first-order valence-electron chi connectivity index (χ1n) is 12.6. The Kier molecular flexibility index (Phi) is 6.67. The molecule has 2 aromatic carbocycles. The molecule has 4 aromatic rings. The zero-order chi connectivity index (χ0) is 27.9. The molecule has 1 atom stereocenters. The topological polar surface area (TPSA) is 108 Å². The third-order valence-electron chi connectivity index (χ3n) is 6.56. The van der Waals surface area contributed by atoms with Crippen LogP contribution in [0, 0.1) is 0 Å². The van der Waals surface area contributed by atoms with Crippen LogP contribution in [0.1, 0.15) is 55.4 Å². The highest BCUT2D eigenvalue weighted by molar-refractivity contribution is 7.90. The van der Waals surface area contributed by atoms with Crippen LogP contribution in [0.3, 0.4) is 0 Å². The molecule has 0 spiro atoms. The summed E-state index contributed by atoms with van der Waals surface area (Å²) in [4.78, 5) is 30.7. The second-order valence-corrected chi connectivity index (χ2v) is 12.2. The molecule has 39 heavy (non-hydrogen) atoms. The molecule has 0 bridgehead atoms. The first-order valence-corrected chi connectivity index (χ1v) is 14.0. The van der Waals surface area contributed by atoms with Crippen molar-refractivity contribution in [3.05, 3.63) is 83.7 Å². The highest BCUT2D eigenvalue weighted by Crippen LogP contribution is 2.37. The van der Waals surface area contributed by atoms with Gasteiger partial charge in [-0.05, 0) is 81.6 Å². The zero-order valence-corrected chi connectivity index (χ0v) is 22.9. The molecule has 0 unspecified atom stereocenters. The average Bonchev–Trinajstić information content (AvgIpc) is 3.29. The molecule has 1 amide bonds. The molecule has 0 saturated heterocycles. The summed E-state index contributed by atoms with van der Waals surface area (Å²) in [7, 11) is -4.08. The molecule has 0 saturated carbocycles. The largest absolute Gasteiger partial charge is 0.457 e. The minimum absolute atomic E-state index is 0.0388. The van der Waals surface area contributed by atoms with Crippen LogP contribution in [0.15, 0.2) is 71.8 Å². The van der Waals surface area contributed by atoms with E-state index in [1.165, 1.54) is 24.4 Å². The van der Waals surface area contributed by atoms with E-state index in [0.717, 1.165) is 15.1 Å². The fraction of sp³-hybridized carbons (Fsp3) is 0.276. The van der Waals surface area contributed by atoms with Gasteiger partial charge in [-0.1, -0.05) is 24.3 Å². The van der Waals surface area contributed by atoms with Gasteiger partial charge in [0.25, 0.3) is 10.0 Å². The maximum Gasteiger partial charge on any atom is 0.410 e. The van der Waals surface area contributed by atoms with Gasteiger partial charge in [-0.15, -0.1) is 0 Å². The monoisotopic (exact) mass is 547 g/mol. The second-order valence-electron chi connectivity index (χ2n) is 10.4. The SMILES string of the molecule is C[C@H]1c2cc(Oc3ccnc4c3cc(C=O)n4S(=O)(=O)c3ccccc3)ccc2CCN1C(=O)OC(C)(C)C. The molecule has 10 heteroatoms. The summed E-state index contributed by atoms with van der Waals surface area (Å²) in [6, 6.07) is 16.4. The first-order chi connectivity index (χ1) is 18.5. The van der Waals surface area contributed by atoms with Crippen LogP contribution in [-0.2, 0) is 21.2 Å². The second kappa shape index (κ2) is 9.85. The van der Waals surface area contributed by atoms with E-state index in [1.54, 1.807) is 29.2 Å². The Morgan fingerprint density at radius 1 is 1.08 bits per heavy atom. The van der Waals surface area contributed by atoms with Crippen molar-refractivity contribution in [2.45, 2.75) is 50.7 Å². The fourth-order valence-electron chi connectivity index (χ4n) is 4.75. The molecule has 202 valence electrons. The van der Waals surface area contributed by atoms with Crippen molar-refractivity contribution >= 4 is 33.4 Å². The lowest BCUT2D eigenvalue weighted by Gasteiger charge is -2.36. The summed E-state index contributed by atoms with van der Waals surface area (Å²) in [5, 5.41) is 0.375. The standard InChI is InChI=1S/C29H29N3O6S/c1-19-24-17-22(11-10-20(24)13-15-31(19)28(34)38-29(2,3)4)37-26-12-14-30-27-25(26)16-21(18-33)32(27)39(35,36)23-8-6-5-7-9-23/h5-12,14,16-19H,13,15H2,1-4H3/t19-/m0/s1. The van der Waals surface area contributed by atoms with Crippen LogP contribution < -0.4 is 4.74 Å². The van der Waals surface area contributed by atoms with Crippen molar-refractivity contribution in [1.82, 2.24) is 13.9 Å². The predicted molar refractivity (Wildman–Crippen MR) is 146 cm³/mol. The third-order valence-corrected chi connectivity index (χ3v) is 8.30. The number of aldehydes is 1. The maximum atomic E-state index is 13.4. The highest BCUT2D eigenvalue weighted by atomic mass is 32.2. The van der Waals surface area contributed by atoms with Crippen LogP contribution in [0.25, 0.3) is 11.0 Å². The lowest BCUT2D eigenvalue weighted by Crippen LogP contribution is -2.42. The van der Waals surface area contributed by atoms with Crippen molar-refractivity contribution in [3.63, 3.8) is 0 Å². The van der Waals surface area contributed by atoms with E-state index in [9.17, 15) is 18.0 Å². The number of carbonyl (C=O) groups is 2. The normalized spacial score (nSPS) is 15.6. The molecule has 1 aliphatic heterocycles. The van der Waals surface area contributed by atoms with E-state index < -0.39 is 15.6 Å². The average molecular weight is 548 g/mol. The van der Waals surface area contributed by atoms with E-state index in [4.69, 9.17) is 9.47 Å². The van der Waals surface area contributed by atoms with Crippen LogP contribution in [0.2, 0.25) is 0 Å². The number of fused-ring (bicyclic) bond motifs is 2. The van der Waals surface area contributed by atoms with E-state index >= 15 is 0 Å². The van der Waals surface area contributed by atoms with E-state index in [0.29, 0.717) is 36.1 Å². The Bertz CT molecular complexity index is 1670. The van der Waals surface area contributed by atoms with Gasteiger partial charge in [-0.2, -0.15) is 0 Å². The molecule has 2 aromatic heterocycles. The number of hydrogen-bond acceptors (Lipinski definition) is 7. The van der Waals surface area contributed by atoms with Crippen molar-refractivity contribution in [1.29, 1.82) is 0 Å². The minimum atomic E-state index is -4.08. The van der Waals surface area contributed by atoms with Gasteiger partial charge < -0.3 is 14.4 Å². The smallest absolute Gasteiger partial charge is 0.410 e. The number of carbonyl (C=O) groups excluding carboxylic acids is 2. The quantitative estimate of drug-likeness (QED) is 0.294. The lowest BCUT2D eigenvalue weighted by molar-refractivity contribution is 0.0159. The summed E-state index contributed by atoms with van der Waals surface area (Å²) in [6.45, 7) is 8.00. The molecule has 1 aliphatic rings. The summed E-state index contributed by atoms with van der Waals surface area (Å²) in [6.07, 6.45) is 2.23. The molecule has 5 rings (SSSR count). The van der Waals surface area contributed by atoms with Crippen molar-refractivity contribution in [2.24, 2.45) is 0 Å². The van der Waals surface area contributed by atoms with Gasteiger partial charge in [0, 0.05) is 12.7 Å². The van der Waals surface area contributed by atoms with Gasteiger partial charge in [-0.25, -0.2) is 22.2 Å². The summed E-state index contributed by atoms with van der Waals surface area (Å²) in [5.74, 6) is 0.850. The highest BCUT2D eigenvalue weighted by Gasteiger charge is 2.31. The number of amides is 1. The maximum absolute atomic E-state index is 13.4. The molecule has 3 heterocycles. The summed E-state index contributed by atoms with van der Waals surface area (Å²) in [5.41, 5.74) is 1.47. The predicted octanol–water partition coefficient (Wildman–Crippen LogP) is 5.73. The van der Waals surface area contributed by atoms with Gasteiger partial charge >= 0.3 is 6.09 Å². The Balaban J connectivity index is 1.50. The van der Waals surface area contributed by atoms with Crippen LogP contribution in [0.5, 0.6) is 11.5 Å². The van der Waals surface area contributed by atoms with Gasteiger partial charge in [0.1, 0.15) is 17.1 Å². The van der Waals surface area contributed by atoms with Crippen molar-refractivity contribution in [2.75, 3.05) is 6.54 Å². The Morgan fingerprint density at radius 3 is 2.51 bits per heavy atom. The van der Waals surface area contributed by atoms with Crippen molar-refractivity contribution in [3.8, 4) is 11.5 Å². The summed E-state index contributed by atoms with van der Waals surface area (Å²) < 4.78 is 39.6. The Labute approximate surface area is 227 Å². The molecule has 0 fully saturated rings. The number of benzene rings is 2. The molecular formula is C29H29N3O6S. The van der Waals surface area contributed by atoms with Crippen molar-refractivity contribution < 1.29 is 27.5 Å². The number of rotatable bonds is 5. The summed E-state index contributed by atoms with van der Waals surface area (Å²) >= 11 is 0. The number of aromatic nitrogens is 2. The Hall–Kier alpha value is -4.18. The number of nitrogens with zero attached hydrogens (tertiary/aromatic N) is 3. The van der Waals surface area contributed by atoms with E-state index in [1.807, 2.05) is 45.9 Å². The van der Waals surface area contributed by atoms with E-state index in [-0.39, 0.29) is 28.4 Å². The third kappa shape index (κ3) is 4.99. The molecule has 9 nitrogen and oxygen atoms in total. The fourth-order valence-corrected chi connectivity index (χ4v) is 6.20. The lowest BCUT2D eigenvalue weighted by atomic mass is 9.93. The van der Waals surface area contributed by atoms with Crippen LogP contribution >= 0.6 is 0 Å². The number of ether oxygens (including phenoxy) is 2. The molecule has 0 aliphatic carbocycles. The molecule has 0 N–H and O–H groups in total. The van der Waals surface area contributed by atoms with Gasteiger partial charge in [0.05, 0.1) is 22.0 Å². The van der Waals surface area contributed by atoms with E-state index in [2.05, 4.69) is 4.98 Å². The minimum Gasteiger partial charge on any atom is -0.457 e. The number of hydrogen-bond donors (Lipinski definition) is 0. The van der Waals surface area contributed by atoms with Gasteiger partial charge in [-0.3, -0.25) is 4.79 Å². The zero-order valence-electron chi connectivity index (χ0n) is 22.1. The van der Waals surface area contributed by atoms with Gasteiger partial charge in [0.15, 0.2) is 11.9 Å². The van der Waals surface area contributed by atoms with Gasteiger partial charge in [0.2, 0.25) is 0 Å². The number of pyridine rings is 1. The van der Waals surface area contributed by atoms with Crippen LogP contribution in [0.4, 0.5) is 4.79 Å². The first kappa shape index (κ1) is 26.4.